The lowest BCUT2D eigenvalue weighted by Gasteiger charge is -2.16. The molecule has 4 nitrogen and oxygen atoms in total. The maximum atomic E-state index is 6.12. The van der Waals surface area contributed by atoms with Crippen molar-refractivity contribution in [3.8, 4) is 0 Å². The summed E-state index contributed by atoms with van der Waals surface area (Å²) >= 11 is 0. The third kappa shape index (κ3) is 1.73. The van der Waals surface area contributed by atoms with Gasteiger partial charge in [0.05, 0.1) is 0 Å². The number of aryl methyl sites for hydroxylation is 3. The molecule has 0 unspecified atom stereocenters. The first-order chi connectivity index (χ1) is 9.33. The van der Waals surface area contributed by atoms with Gasteiger partial charge in [0.2, 0.25) is 0 Å². The van der Waals surface area contributed by atoms with Gasteiger partial charge in [-0.15, -0.1) is 0 Å². The standard InChI is InChI=1S/C15H19N3O/c1-10-16-13-11-6-2-3-7-12(11)19-14(13)15(17-10)18-8-4-5-9-18/h2-9H2,1H3. The first-order valence-electron chi connectivity index (χ1n) is 7.37. The summed E-state index contributed by atoms with van der Waals surface area (Å²) in [4.78, 5) is 11.7. The van der Waals surface area contributed by atoms with E-state index in [0.717, 1.165) is 54.4 Å². The van der Waals surface area contributed by atoms with Crippen molar-refractivity contribution in [3.63, 3.8) is 0 Å². The van der Waals surface area contributed by atoms with Gasteiger partial charge in [0.15, 0.2) is 11.4 Å². The summed E-state index contributed by atoms with van der Waals surface area (Å²) in [5.41, 5.74) is 3.34. The van der Waals surface area contributed by atoms with Gasteiger partial charge < -0.3 is 9.32 Å². The van der Waals surface area contributed by atoms with Crippen LogP contribution in [0.4, 0.5) is 5.82 Å². The Kier molecular flexibility index (Phi) is 2.50. The van der Waals surface area contributed by atoms with Crippen LogP contribution in [-0.2, 0) is 12.8 Å². The van der Waals surface area contributed by atoms with Crippen LogP contribution in [0, 0.1) is 6.92 Å². The van der Waals surface area contributed by atoms with Gasteiger partial charge in [-0.1, -0.05) is 0 Å². The zero-order valence-electron chi connectivity index (χ0n) is 11.4. The first-order valence-corrected chi connectivity index (χ1v) is 7.37. The fourth-order valence-corrected chi connectivity index (χ4v) is 3.35. The molecule has 19 heavy (non-hydrogen) atoms. The number of furan rings is 1. The molecular formula is C15H19N3O. The zero-order valence-corrected chi connectivity index (χ0v) is 11.4. The second-order valence-corrected chi connectivity index (χ2v) is 5.68. The molecule has 3 heterocycles. The van der Waals surface area contributed by atoms with Gasteiger partial charge in [-0.3, -0.25) is 0 Å². The molecule has 0 bridgehead atoms. The summed E-state index contributed by atoms with van der Waals surface area (Å²) in [6.07, 6.45) is 7.17. The molecule has 0 amide bonds. The zero-order chi connectivity index (χ0) is 12.8. The normalized spacial score (nSPS) is 19.1. The molecule has 1 aliphatic carbocycles. The summed E-state index contributed by atoms with van der Waals surface area (Å²) in [7, 11) is 0. The highest BCUT2D eigenvalue weighted by atomic mass is 16.3. The third-order valence-corrected chi connectivity index (χ3v) is 4.29. The summed E-state index contributed by atoms with van der Waals surface area (Å²) in [6.45, 7) is 4.18. The largest absolute Gasteiger partial charge is 0.455 e. The molecule has 0 saturated carbocycles. The van der Waals surface area contributed by atoms with Crippen LogP contribution < -0.4 is 4.90 Å². The Bertz CT molecular complexity index is 626. The highest BCUT2D eigenvalue weighted by Gasteiger charge is 2.25. The maximum Gasteiger partial charge on any atom is 0.195 e. The molecule has 0 radical (unpaired) electrons. The lowest BCUT2D eigenvalue weighted by atomic mass is 9.98. The molecule has 2 aromatic rings. The molecule has 1 fully saturated rings. The van der Waals surface area contributed by atoms with Crippen LogP contribution in [0.15, 0.2) is 4.42 Å². The molecule has 0 spiro atoms. The van der Waals surface area contributed by atoms with Crippen molar-refractivity contribution < 1.29 is 4.42 Å². The number of fused-ring (bicyclic) bond motifs is 3. The summed E-state index contributed by atoms with van der Waals surface area (Å²) in [6, 6.07) is 0. The van der Waals surface area contributed by atoms with Gasteiger partial charge in [-0.25, -0.2) is 9.97 Å². The number of rotatable bonds is 1. The summed E-state index contributed by atoms with van der Waals surface area (Å²) < 4.78 is 6.12. The van der Waals surface area contributed by atoms with Crippen LogP contribution in [0.25, 0.3) is 11.1 Å². The van der Waals surface area contributed by atoms with E-state index in [1.807, 2.05) is 6.92 Å². The molecule has 100 valence electrons. The van der Waals surface area contributed by atoms with Gasteiger partial charge in [0.25, 0.3) is 0 Å². The van der Waals surface area contributed by atoms with Crippen LogP contribution in [0.3, 0.4) is 0 Å². The minimum atomic E-state index is 0.864. The highest BCUT2D eigenvalue weighted by molar-refractivity contribution is 5.88. The quantitative estimate of drug-likeness (QED) is 0.787. The molecule has 1 aliphatic heterocycles. The van der Waals surface area contributed by atoms with Gasteiger partial charge in [-0.05, 0) is 39.0 Å². The smallest absolute Gasteiger partial charge is 0.195 e. The Balaban J connectivity index is 1.94. The van der Waals surface area contributed by atoms with Crippen molar-refractivity contribution in [2.24, 2.45) is 0 Å². The van der Waals surface area contributed by atoms with Crippen LogP contribution in [-0.4, -0.2) is 23.1 Å². The third-order valence-electron chi connectivity index (χ3n) is 4.29. The number of hydrogen-bond acceptors (Lipinski definition) is 4. The summed E-state index contributed by atoms with van der Waals surface area (Å²) in [5.74, 6) is 3.04. The Morgan fingerprint density at radius 2 is 1.79 bits per heavy atom. The van der Waals surface area contributed by atoms with E-state index in [-0.39, 0.29) is 0 Å². The van der Waals surface area contributed by atoms with Crippen molar-refractivity contribution in [1.29, 1.82) is 0 Å². The topological polar surface area (TPSA) is 42.2 Å². The fourth-order valence-electron chi connectivity index (χ4n) is 3.35. The van der Waals surface area contributed by atoms with Gasteiger partial charge in [0, 0.05) is 25.1 Å². The second kappa shape index (κ2) is 4.22. The van der Waals surface area contributed by atoms with Crippen LogP contribution in [0.5, 0.6) is 0 Å². The van der Waals surface area contributed by atoms with Crippen molar-refractivity contribution in [2.45, 2.75) is 45.4 Å². The molecule has 1 saturated heterocycles. The Hall–Kier alpha value is -1.58. The van der Waals surface area contributed by atoms with Crippen molar-refractivity contribution >= 4 is 16.9 Å². The monoisotopic (exact) mass is 257 g/mol. The molecule has 0 atom stereocenters. The van der Waals surface area contributed by atoms with E-state index in [0.29, 0.717) is 0 Å². The van der Waals surface area contributed by atoms with E-state index in [9.17, 15) is 0 Å². The molecule has 0 aromatic carbocycles. The minimum absolute atomic E-state index is 0.864. The number of anilines is 1. The predicted octanol–water partition coefficient (Wildman–Crippen LogP) is 3.01. The fraction of sp³-hybridized carbons (Fsp3) is 0.600. The number of hydrogen-bond donors (Lipinski definition) is 0. The Morgan fingerprint density at radius 1 is 1.00 bits per heavy atom. The second-order valence-electron chi connectivity index (χ2n) is 5.68. The van der Waals surface area contributed by atoms with E-state index >= 15 is 0 Å². The van der Waals surface area contributed by atoms with Crippen molar-refractivity contribution in [1.82, 2.24) is 9.97 Å². The molecule has 2 aliphatic rings. The maximum absolute atomic E-state index is 6.12. The Labute approximate surface area is 112 Å². The number of aromatic nitrogens is 2. The lowest BCUT2D eigenvalue weighted by molar-refractivity contribution is 0.505. The van der Waals surface area contributed by atoms with E-state index in [1.165, 1.54) is 31.2 Å². The Morgan fingerprint density at radius 3 is 2.63 bits per heavy atom. The molecular weight excluding hydrogens is 238 g/mol. The van der Waals surface area contributed by atoms with E-state index in [4.69, 9.17) is 4.42 Å². The highest BCUT2D eigenvalue weighted by Crippen LogP contribution is 2.35. The molecule has 4 heteroatoms. The number of nitrogens with zero attached hydrogens (tertiary/aromatic N) is 3. The van der Waals surface area contributed by atoms with Gasteiger partial charge in [-0.2, -0.15) is 0 Å². The average molecular weight is 257 g/mol. The van der Waals surface area contributed by atoms with Gasteiger partial charge >= 0.3 is 0 Å². The predicted molar refractivity (Wildman–Crippen MR) is 74.6 cm³/mol. The summed E-state index contributed by atoms with van der Waals surface area (Å²) in [5, 5.41) is 0. The SMILES string of the molecule is Cc1nc(N2CCCC2)c2oc3c(c2n1)CCCC3. The molecule has 0 N–H and O–H groups in total. The lowest BCUT2D eigenvalue weighted by Crippen LogP contribution is -2.19. The van der Waals surface area contributed by atoms with Crippen molar-refractivity contribution in [3.05, 3.63) is 17.1 Å². The first kappa shape index (κ1) is 11.3. The van der Waals surface area contributed by atoms with Crippen LogP contribution >= 0.6 is 0 Å². The van der Waals surface area contributed by atoms with E-state index in [1.54, 1.807) is 0 Å². The minimum Gasteiger partial charge on any atom is -0.455 e. The average Bonchev–Trinajstić information content (AvgIpc) is 3.05. The molecule has 4 rings (SSSR count). The van der Waals surface area contributed by atoms with E-state index < -0.39 is 0 Å². The van der Waals surface area contributed by atoms with Crippen LogP contribution in [0.1, 0.15) is 42.8 Å². The van der Waals surface area contributed by atoms with E-state index in [2.05, 4.69) is 14.9 Å². The van der Waals surface area contributed by atoms with Crippen molar-refractivity contribution in [2.75, 3.05) is 18.0 Å². The van der Waals surface area contributed by atoms with Crippen LogP contribution in [0.2, 0.25) is 0 Å². The van der Waals surface area contributed by atoms with Gasteiger partial charge in [0.1, 0.15) is 17.1 Å². The molecule has 2 aromatic heterocycles.